The second-order valence-electron chi connectivity index (χ2n) is 7.40. The molecule has 1 saturated carbocycles. The maximum atomic E-state index is 12.6. The van der Waals surface area contributed by atoms with Gasteiger partial charge in [-0.05, 0) is 30.9 Å². The van der Waals surface area contributed by atoms with Gasteiger partial charge in [-0.3, -0.25) is 9.59 Å². The van der Waals surface area contributed by atoms with E-state index < -0.39 is 0 Å². The van der Waals surface area contributed by atoms with Gasteiger partial charge in [-0.25, -0.2) is 0 Å². The highest BCUT2D eigenvalue weighted by atomic mass is 16.3. The summed E-state index contributed by atoms with van der Waals surface area (Å²) in [7, 11) is 0. The van der Waals surface area contributed by atoms with E-state index in [1.165, 1.54) is 19.3 Å². The van der Waals surface area contributed by atoms with Gasteiger partial charge in [-0.1, -0.05) is 37.5 Å². The third kappa shape index (κ3) is 4.60. The number of amides is 2. The molecule has 1 heterocycles. The summed E-state index contributed by atoms with van der Waals surface area (Å²) in [5.41, 5.74) is 0.603. The Kier molecular flexibility index (Phi) is 6.08. The van der Waals surface area contributed by atoms with Gasteiger partial charge in [0.05, 0.1) is 6.04 Å². The topological polar surface area (TPSA) is 69.6 Å². The maximum Gasteiger partial charge on any atom is 0.251 e. The first kappa shape index (κ1) is 17.9. The molecule has 2 aliphatic rings. The number of rotatable bonds is 5. The summed E-state index contributed by atoms with van der Waals surface area (Å²) in [6.07, 6.45) is 6.65. The summed E-state index contributed by atoms with van der Waals surface area (Å²) in [6, 6.07) is 8.87. The van der Waals surface area contributed by atoms with E-state index >= 15 is 0 Å². The lowest BCUT2D eigenvalue weighted by atomic mass is 9.87. The van der Waals surface area contributed by atoms with E-state index in [1.807, 2.05) is 23.1 Å². The minimum absolute atomic E-state index is 0.0209. The van der Waals surface area contributed by atoms with Gasteiger partial charge in [0.2, 0.25) is 5.91 Å². The molecule has 136 valence electrons. The Bertz CT molecular complexity index is 584. The van der Waals surface area contributed by atoms with Crippen LogP contribution in [0.3, 0.4) is 0 Å². The Morgan fingerprint density at radius 1 is 1.08 bits per heavy atom. The fourth-order valence-electron chi connectivity index (χ4n) is 4.03. The molecule has 5 heteroatoms. The van der Waals surface area contributed by atoms with Crippen LogP contribution in [0.2, 0.25) is 0 Å². The molecule has 2 amide bonds. The van der Waals surface area contributed by atoms with Crippen molar-refractivity contribution in [3.05, 3.63) is 35.9 Å². The van der Waals surface area contributed by atoms with Gasteiger partial charge in [0, 0.05) is 37.6 Å². The molecule has 1 aliphatic carbocycles. The molecule has 5 nitrogen and oxygen atoms in total. The fourth-order valence-corrected chi connectivity index (χ4v) is 4.03. The number of nitrogens with one attached hydrogen (secondary N) is 1. The van der Waals surface area contributed by atoms with E-state index in [9.17, 15) is 14.7 Å². The molecule has 1 aromatic carbocycles. The quantitative estimate of drug-likeness (QED) is 0.860. The van der Waals surface area contributed by atoms with E-state index in [0.29, 0.717) is 31.0 Å². The van der Waals surface area contributed by atoms with Crippen molar-refractivity contribution in [3.63, 3.8) is 0 Å². The van der Waals surface area contributed by atoms with Crippen LogP contribution in [0, 0.1) is 11.8 Å². The molecule has 0 unspecified atom stereocenters. The average molecular weight is 344 g/mol. The number of aliphatic hydroxyl groups excluding tert-OH is 1. The van der Waals surface area contributed by atoms with E-state index in [4.69, 9.17) is 0 Å². The van der Waals surface area contributed by atoms with Crippen LogP contribution in [0.25, 0.3) is 0 Å². The van der Waals surface area contributed by atoms with Crippen molar-refractivity contribution in [2.45, 2.75) is 44.6 Å². The van der Waals surface area contributed by atoms with Crippen molar-refractivity contribution in [1.82, 2.24) is 10.2 Å². The molecule has 2 atom stereocenters. The first-order valence-electron chi connectivity index (χ1n) is 9.42. The molecule has 1 aliphatic heterocycles. The molecule has 2 N–H and O–H groups in total. The molecule has 0 radical (unpaired) electrons. The molecule has 0 aromatic heterocycles. The molecule has 3 rings (SSSR count). The van der Waals surface area contributed by atoms with Crippen LogP contribution in [0.15, 0.2) is 30.3 Å². The highest BCUT2D eigenvalue weighted by molar-refractivity contribution is 5.94. The van der Waals surface area contributed by atoms with Crippen LogP contribution in [-0.2, 0) is 4.79 Å². The fraction of sp³-hybridized carbons (Fsp3) is 0.600. The highest BCUT2D eigenvalue weighted by Gasteiger charge is 2.36. The number of nitrogens with zero attached hydrogens (tertiary/aromatic N) is 1. The Labute approximate surface area is 149 Å². The molecule has 2 fully saturated rings. The van der Waals surface area contributed by atoms with E-state index in [2.05, 4.69) is 5.32 Å². The number of aliphatic hydroxyl groups is 1. The van der Waals surface area contributed by atoms with Crippen LogP contribution >= 0.6 is 0 Å². The van der Waals surface area contributed by atoms with Crippen molar-refractivity contribution in [3.8, 4) is 0 Å². The van der Waals surface area contributed by atoms with Gasteiger partial charge in [0.15, 0.2) is 0 Å². The highest BCUT2D eigenvalue weighted by Crippen LogP contribution is 2.28. The zero-order chi connectivity index (χ0) is 17.6. The molecule has 1 saturated heterocycles. The Hall–Kier alpha value is -1.88. The van der Waals surface area contributed by atoms with Crippen LogP contribution in [0.4, 0.5) is 0 Å². The third-order valence-electron chi connectivity index (χ3n) is 5.57. The lowest BCUT2D eigenvalue weighted by Crippen LogP contribution is -2.42. The molecular weight excluding hydrogens is 316 g/mol. The number of carbonyl (C=O) groups is 2. The van der Waals surface area contributed by atoms with Crippen LogP contribution in [0.1, 0.15) is 48.9 Å². The maximum absolute atomic E-state index is 12.6. The van der Waals surface area contributed by atoms with E-state index in [1.54, 1.807) is 12.1 Å². The molecule has 0 bridgehead atoms. The van der Waals surface area contributed by atoms with Crippen molar-refractivity contribution >= 4 is 11.8 Å². The predicted octanol–water partition coefficient (Wildman–Crippen LogP) is 2.21. The lowest BCUT2D eigenvalue weighted by molar-refractivity contribution is -0.131. The van der Waals surface area contributed by atoms with Gasteiger partial charge in [-0.15, -0.1) is 0 Å². The van der Waals surface area contributed by atoms with Gasteiger partial charge in [0.25, 0.3) is 5.91 Å². The second kappa shape index (κ2) is 8.48. The third-order valence-corrected chi connectivity index (χ3v) is 5.57. The zero-order valence-corrected chi connectivity index (χ0v) is 14.7. The predicted molar refractivity (Wildman–Crippen MR) is 96.0 cm³/mol. The van der Waals surface area contributed by atoms with Crippen LogP contribution in [0.5, 0.6) is 0 Å². The van der Waals surface area contributed by atoms with E-state index in [-0.39, 0.29) is 30.4 Å². The van der Waals surface area contributed by atoms with E-state index in [0.717, 1.165) is 12.8 Å². The Morgan fingerprint density at radius 2 is 1.80 bits per heavy atom. The number of hydrogen-bond donors (Lipinski definition) is 2. The Balaban J connectivity index is 1.56. The number of likely N-dealkylation sites (tertiary alicyclic amines) is 1. The van der Waals surface area contributed by atoms with Crippen LogP contribution in [-0.4, -0.2) is 47.6 Å². The molecule has 25 heavy (non-hydrogen) atoms. The first-order chi connectivity index (χ1) is 12.2. The lowest BCUT2D eigenvalue weighted by Gasteiger charge is -2.24. The summed E-state index contributed by atoms with van der Waals surface area (Å²) in [5.74, 6) is 0.433. The van der Waals surface area contributed by atoms with Gasteiger partial charge < -0.3 is 15.3 Å². The van der Waals surface area contributed by atoms with Gasteiger partial charge >= 0.3 is 0 Å². The summed E-state index contributed by atoms with van der Waals surface area (Å²) in [5, 5.41) is 12.6. The second-order valence-corrected chi connectivity index (χ2v) is 7.40. The number of benzene rings is 1. The summed E-state index contributed by atoms with van der Waals surface area (Å²) < 4.78 is 0. The summed E-state index contributed by atoms with van der Waals surface area (Å²) >= 11 is 0. The van der Waals surface area contributed by atoms with Gasteiger partial charge in [0.1, 0.15) is 0 Å². The first-order valence-corrected chi connectivity index (χ1v) is 9.42. The summed E-state index contributed by atoms with van der Waals surface area (Å²) in [4.78, 5) is 26.8. The largest absolute Gasteiger partial charge is 0.396 e. The Morgan fingerprint density at radius 3 is 2.48 bits per heavy atom. The minimum atomic E-state index is -0.187. The number of hydrogen-bond acceptors (Lipinski definition) is 3. The molecule has 0 spiro atoms. The average Bonchev–Trinajstić information content (AvgIpc) is 3.06. The summed E-state index contributed by atoms with van der Waals surface area (Å²) in [6.45, 7) is 1.00. The van der Waals surface area contributed by atoms with Crippen molar-refractivity contribution in [1.29, 1.82) is 0 Å². The SMILES string of the molecule is O=C(N[C@@H]1CN(C(=O)CC2CCCCC2)C[C@H]1CO)c1ccccc1. The van der Waals surface area contributed by atoms with Crippen molar-refractivity contribution in [2.24, 2.45) is 11.8 Å². The smallest absolute Gasteiger partial charge is 0.251 e. The van der Waals surface area contributed by atoms with Crippen molar-refractivity contribution < 1.29 is 14.7 Å². The number of carbonyl (C=O) groups excluding carboxylic acids is 2. The molecule has 1 aromatic rings. The monoisotopic (exact) mass is 344 g/mol. The normalized spacial score (nSPS) is 24.3. The molecular formula is C20H28N2O3. The zero-order valence-electron chi connectivity index (χ0n) is 14.7. The van der Waals surface area contributed by atoms with Crippen LogP contribution < -0.4 is 5.32 Å². The minimum Gasteiger partial charge on any atom is -0.396 e. The standard InChI is InChI=1S/C20H28N2O3/c23-14-17-12-22(19(24)11-15-7-3-1-4-8-15)13-18(17)21-20(25)16-9-5-2-6-10-16/h2,5-6,9-10,15,17-18,23H,1,3-4,7-8,11-14H2,(H,21,25)/t17-,18+/m0/s1. The van der Waals surface area contributed by atoms with Crippen molar-refractivity contribution in [2.75, 3.05) is 19.7 Å². The van der Waals surface area contributed by atoms with Gasteiger partial charge in [-0.2, -0.15) is 0 Å².